The van der Waals surface area contributed by atoms with E-state index in [0.717, 1.165) is 29.8 Å². The molecule has 0 heterocycles. The van der Waals surface area contributed by atoms with Gasteiger partial charge in [0.15, 0.2) is 0 Å². The van der Waals surface area contributed by atoms with E-state index in [1.54, 1.807) is 7.11 Å². The Labute approximate surface area is 131 Å². The Morgan fingerprint density at radius 1 is 1.23 bits per heavy atom. The van der Waals surface area contributed by atoms with Crippen molar-refractivity contribution >= 4 is 0 Å². The summed E-state index contributed by atoms with van der Waals surface area (Å²) in [4.78, 5) is 0. The van der Waals surface area contributed by atoms with Crippen molar-refractivity contribution in [2.45, 2.75) is 31.4 Å². The smallest absolute Gasteiger partial charge is 0.119 e. The first-order valence-corrected chi connectivity index (χ1v) is 7.78. The first-order valence-electron chi connectivity index (χ1n) is 7.78. The summed E-state index contributed by atoms with van der Waals surface area (Å²) in [6.07, 6.45) is 1.68. The fraction of sp³-hybridized carbons (Fsp3) is 0.368. The van der Waals surface area contributed by atoms with E-state index in [1.165, 1.54) is 5.56 Å². The molecule has 0 aromatic heterocycles. The van der Waals surface area contributed by atoms with Crippen LogP contribution in [0.2, 0.25) is 0 Å². The van der Waals surface area contributed by atoms with Gasteiger partial charge in [-0.05, 0) is 55.1 Å². The summed E-state index contributed by atoms with van der Waals surface area (Å²) in [6, 6.07) is 16.6. The van der Waals surface area contributed by atoms with Crippen LogP contribution in [0.4, 0.5) is 0 Å². The molecule has 0 saturated carbocycles. The zero-order chi connectivity index (χ0) is 15.6. The van der Waals surface area contributed by atoms with Gasteiger partial charge in [-0.3, -0.25) is 0 Å². The highest BCUT2D eigenvalue weighted by atomic mass is 16.5. The van der Waals surface area contributed by atoms with Crippen molar-refractivity contribution in [2.75, 3.05) is 13.7 Å². The molecular weight excluding hydrogens is 274 g/mol. The Bertz CT molecular complexity index is 637. The lowest BCUT2D eigenvalue weighted by molar-refractivity contribution is 0.0515. The van der Waals surface area contributed by atoms with E-state index in [9.17, 15) is 5.11 Å². The maximum Gasteiger partial charge on any atom is 0.119 e. The van der Waals surface area contributed by atoms with Gasteiger partial charge < -0.3 is 15.2 Å². The third-order valence-electron chi connectivity index (χ3n) is 4.46. The number of benzene rings is 2. The van der Waals surface area contributed by atoms with E-state index >= 15 is 0 Å². The molecule has 3 rings (SSSR count). The maximum absolute atomic E-state index is 10.6. The number of aliphatic hydroxyl groups is 1. The Balaban J connectivity index is 1.71. The van der Waals surface area contributed by atoms with E-state index < -0.39 is 5.60 Å². The van der Waals surface area contributed by atoms with Gasteiger partial charge in [-0.25, -0.2) is 0 Å². The molecule has 0 saturated heterocycles. The predicted molar refractivity (Wildman–Crippen MR) is 88.1 cm³/mol. The molecule has 2 atom stereocenters. The number of rotatable bonds is 5. The molecule has 22 heavy (non-hydrogen) atoms. The molecule has 116 valence electrons. The first kappa shape index (κ1) is 15.1. The van der Waals surface area contributed by atoms with E-state index in [-0.39, 0.29) is 6.04 Å². The van der Waals surface area contributed by atoms with E-state index in [1.807, 2.05) is 31.2 Å². The highest BCUT2D eigenvalue weighted by molar-refractivity contribution is 5.44. The second-order valence-corrected chi connectivity index (χ2v) is 6.17. The number of nitrogens with one attached hydrogen (secondary N) is 1. The van der Waals surface area contributed by atoms with Crippen LogP contribution in [0.5, 0.6) is 5.75 Å². The zero-order valence-electron chi connectivity index (χ0n) is 13.2. The number of methoxy groups -OCH3 is 1. The van der Waals surface area contributed by atoms with Crippen LogP contribution in [-0.4, -0.2) is 18.8 Å². The lowest BCUT2D eigenvalue weighted by atomic mass is 9.99. The Morgan fingerprint density at radius 3 is 2.73 bits per heavy atom. The molecule has 0 aliphatic heterocycles. The quantitative estimate of drug-likeness (QED) is 0.890. The summed E-state index contributed by atoms with van der Waals surface area (Å²) in [5.41, 5.74) is 2.71. The maximum atomic E-state index is 10.6. The second kappa shape index (κ2) is 6.11. The number of ether oxygens (including phenoxy) is 1. The molecule has 1 aliphatic carbocycles. The molecule has 0 spiro atoms. The van der Waals surface area contributed by atoms with E-state index in [2.05, 4.69) is 29.6 Å². The van der Waals surface area contributed by atoms with Crippen LogP contribution in [0.25, 0.3) is 0 Å². The minimum absolute atomic E-state index is 0.170. The molecular formula is C19H23NO2. The van der Waals surface area contributed by atoms with Gasteiger partial charge in [0.1, 0.15) is 5.75 Å². The molecule has 1 aliphatic rings. The van der Waals surface area contributed by atoms with Crippen molar-refractivity contribution in [1.82, 2.24) is 5.32 Å². The largest absolute Gasteiger partial charge is 0.497 e. The van der Waals surface area contributed by atoms with Crippen LogP contribution in [0, 0.1) is 0 Å². The molecule has 2 aromatic carbocycles. The minimum Gasteiger partial charge on any atom is -0.497 e. The zero-order valence-corrected chi connectivity index (χ0v) is 13.2. The third kappa shape index (κ3) is 3.01. The molecule has 0 radical (unpaired) electrons. The van der Waals surface area contributed by atoms with Crippen LogP contribution < -0.4 is 10.1 Å². The molecule has 0 fully saturated rings. The average molecular weight is 297 g/mol. The average Bonchev–Trinajstić information content (AvgIpc) is 2.79. The molecule has 2 unspecified atom stereocenters. The molecule has 0 amide bonds. The summed E-state index contributed by atoms with van der Waals surface area (Å²) in [5.74, 6) is 0.839. The van der Waals surface area contributed by atoms with E-state index in [0.29, 0.717) is 6.42 Å². The summed E-state index contributed by atoms with van der Waals surface area (Å²) >= 11 is 0. The van der Waals surface area contributed by atoms with Crippen molar-refractivity contribution in [3.8, 4) is 5.75 Å². The van der Waals surface area contributed by atoms with Gasteiger partial charge in [0, 0.05) is 6.04 Å². The fourth-order valence-corrected chi connectivity index (χ4v) is 3.28. The lowest BCUT2D eigenvalue weighted by Gasteiger charge is -2.18. The fourth-order valence-electron chi connectivity index (χ4n) is 3.28. The third-order valence-corrected chi connectivity index (χ3v) is 4.46. The summed E-state index contributed by atoms with van der Waals surface area (Å²) < 4.78 is 5.32. The number of fused-ring (bicyclic) bond motifs is 1. The molecule has 3 nitrogen and oxygen atoms in total. The topological polar surface area (TPSA) is 41.5 Å². The van der Waals surface area contributed by atoms with Gasteiger partial charge >= 0.3 is 0 Å². The van der Waals surface area contributed by atoms with Crippen molar-refractivity contribution in [1.29, 1.82) is 0 Å². The monoisotopic (exact) mass is 297 g/mol. The van der Waals surface area contributed by atoms with Gasteiger partial charge in [0.05, 0.1) is 12.7 Å². The van der Waals surface area contributed by atoms with Crippen molar-refractivity contribution < 1.29 is 9.84 Å². The van der Waals surface area contributed by atoms with Crippen LogP contribution in [0.3, 0.4) is 0 Å². The van der Waals surface area contributed by atoms with Gasteiger partial charge in [-0.2, -0.15) is 0 Å². The van der Waals surface area contributed by atoms with Gasteiger partial charge in [0.2, 0.25) is 0 Å². The summed E-state index contributed by atoms with van der Waals surface area (Å²) in [7, 11) is 1.67. The predicted octanol–water partition coefficient (Wildman–Crippen LogP) is 3.18. The Kier molecular flexibility index (Phi) is 4.19. The molecule has 2 aromatic rings. The molecule has 2 N–H and O–H groups in total. The van der Waals surface area contributed by atoms with Crippen molar-refractivity contribution in [3.63, 3.8) is 0 Å². The van der Waals surface area contributed by atoms with Crippen molar-refractivity contribution in [3.05, 3.63) is 65.2 Å². The van der Waals surface area contributed by atoms with Gasteiger partial charge in [-0.15, -0.1) is 0 Å². The summed E-state index contributed by atoms with van der Waals surface area (Å²) in [5, 5.41) is 14.2. The Morgan fingerprint density at radius 2 is 2.00 bits per heavy atom. The number of hydrogen-bond donors (Lipinski definition) is 2. The van der Waals surface area contributed by atoms with Crippen LogP contribution in [0.15, 0.2) is 48.5 Å². The SMILES string of the molecule is COc1ccc2c(c1)C(NCCc1ccccc1)CC2(C)O. The van der Waals surface area contributed by atoms with Crippen molar-refractivity contribution in [2.24, 2.45) is 0 Å². The van der Waals surface area contributed by atoms with Gasteiger partial charge in [0.25, 0.3) is 0 Å². The Hall–Kier alpha value is -1.84. The minimum atomic E-state index is -0.772. The van der Waals surface area contributed by atoms with Crippen LogP contribution in [0.1, 0.15) is 36.1 Å². The van der Waals surface area contributed by atoms with Gasteiger partial charge in [-0.1, -0.05) is 36.4 Å². The highest BCUT2D eigenvalue weighted by Crippen LogP contribution is 2.44. The standard InChI is InChI=1S/C19H23NO2/c1-19(21)13-18(16-12-15(22-2)8-9-17(16)19)20-11-10-14-6-4-3-5-7-14/h3-9,12,18,20-21H,10-11,13H2,1-2H3. The first-order chi connectivity index (χ1) is 10.6. The lowest BCUT2D eigenvalue weighted by Crippen LogP contribution is -2.24. The molecule has 0 bridgehead atoms. The summed E-state index contributed by atoms with van der Waals surface area (Å²) in [6.45, 7) is 2.78. The second-order valence-electron chi connectivity index (χ2n) is 6.17. The highest BCUT2D eigenvalue weighted by Gasteiger charge is 2.38. The number of hydrogen-bond acceptors (Lipinski definition) is 3. The molecule has 3 heteroatoms. The normalized spacial score (nSPS) is 23.3. The van der Waals surface area contributed by atoms with Crippen LogP contribution >= 0.6 is 0 Å². The van der Waals surface area contributed by atoms with E-state index in [4.69, 9.17) is 4.74 Å². The van der Waals surface area contributed by atoms with Crippen LogP contribution in [-0.2, 0) is 12.0 Å².